The molecule has 82 valence electrons. The molecule has 2 fully saturated rings. The van der Waals surface area contributed by atoms with Crippen LogP contribution in [0.3, 0.4) is 0 Å². The fourth-order valence-corrected chi connectivity index (χ4v) is 3.64. The molecule has 4 aliphatic rings. The van der Waals surface area contributed by atoms with Gasteiger partial charge in [0.05, 0.1) is 12.0 Å². The van der Waals surface area contributed by atoms with E-state index >= 15 is 0 Å². The maximum Gasteiger partial charge on any atom is 0.145 e. The van der Waals surface area contributed by atoms with Crippen molar-refractivity contribution in [2.24, 2.45) is 17.3 Å². The Labute approximate surface area is 90.7 Å². The number of hydrogen-bond acceptors (Lipinski definition) is 2. The Hall–Kier alpha value is -0.630. The van der Waals surface area contributed by atoms with Crippen LogP contribution in [0, 0.1) is 17.3 Å². The second kappa shape index (κ2) is 3.18. The Balaban J connectivity index is 2.06. The van der Waals surface area contributed by atoms with E-state index in [-0.39, 0.29) is 5.41 Å². The van der Waals surface area contributed by atoms with Crippen LogP contribution in [0.1, 0.15) is 32.6 Å². The number of ketones is 1. The van der Waals surface area contributed by atoms with E-state index in [1.165, 1.54) is 18.4 Å². The lowest BCUT2D eigenvalue weighted by atomic mass is 9.55. The molecule has 0 aromatic rings. The first-order valence-corrected chi connectivity index (χ1v) is 6.03. The predicted molar refractivity (Wildman–Crippen MR) is 57.5 cm³/mol. The van der Waals surface area contributed by atoms with Crippen LogP contribution in [0.4, 0.5) is 0 Å². The van der Waals surface area contributed by atoms with Gasteiger partial charge in [0.2, 0.25) is 0 Å². The first kappa shape index (κ1) is 9.59. The molecule has 0 radical (unpaired) electrons. The normalized spacial score (nSPS) is 44.6. The third-order valence-corrected chi connectivity index (χ3v) is 4.56. The van der Waals surface area contributed by atoms with Crippen molar-refractivity contribution in [2.75, 3.05) is 13.2 Å². The van der Waals surface area contributed by atoms with Gasteiger partial charge in [-0.2, -0.15) is 0 Å². The van der Waals surface area contributed by atoms with Crippen molar-refractivity contribution in [1.82, 2.24) is 0 Å². The number of carbonyl (C=O) groups excluding carboxylic acids is 1. The summed E-state index contributed by atoms with van der Waals surface area (Å²) >= 11 is 0. The number of rotatable bonds is 0. The summed E-state index contributed by atoms with van der Waals surface area (Å²) in [5, 5.41) is 0. The molecule has 0 N–H and O–H groups in total. The first-order chi connectivity index (χ1) is 7.22. The Morgan fingerprint density at radius 2 is 2.40 bits per heavy atom. The fourth-order valence-electron chi connectivity index (χ4n) is 3.64. The van der Waals surface area contributed by atoms with Gasteiger partial charge in [0, 0.05) is 13.0 Å². The van der Waals surface area contributed by atoms with Gasteiger partial charge in [0.15, 0.2) is 0 Å². The number of ether oxygens (including phenoxy) is 1. The zero-order valence-corrected chi connectivity index (χ0v) is 9.29. The van der Waals surface area contributed by atoms with Crippen LogP contribution in [0.15, 0.2) is 11.6 Å². The van der Waals surface area contributed by atoms with Crippen LogP contribution in [0.5, 0.6) is 0 Å². The second-order valence-corrected chi connectivity index (χ2v) is 5.38. The molecule has 2 bridgehead atoms. The van der Waals surface area contributed by atoms with Gasteiger partial charge in [-0.1, -0.05) is 11.6 Å². The summed E-state index contributed by atoms with van der Waals surface area (Å²) < 4.78 is 5.64. The Morgan fingerprint density at radius 3 is 3.27 bits per heavy atom. The summed E-state index contributed by atoms with van der Waals surface area (Å²) in [4.78, 5) is 12.2. The van der Waals surface area contributed by atoms with E-state index in [0.29, 0.717) is 24.2 Å². The van der Waals surface area contributed by atoms with Gasteiger partial charge in [-0.05, 0) is 38.0 Å². The molecule has 1 aliphatic heterocycles. The van der Waals surface area contributed by atoms with Crippen molar-refractivity contribution in [3.05, 3.63) is 11.6 Å². The molecule has 0 aromatic carbocycles. The average molecular weight is 206 g/mol. The minimum atomic E-state index is -0.227. The lowest BCUT2D eigenvalue weighted by Gasteiger charge is -2.47. The standard InChI is InChI=1S/C13H18O2/c1-9-7-13-8-15-4-2-3-11(13)5-10(9)6-12(13)14/h7,10-11H,2-6,8H2,1H3/t10-,11+,13-/m1/s1. The average Bonchev–Trinajstić information content (AvgIpc) is 2.41. The van der Waals surface area contributed by atoms with Gasteiger partial charge in [-0.15, -0.1) is 0 Å². The first-order valence-electron chi connectivity index (χ1n) is 6.03. The molecule has 2 nitrogen and oxygen atoms in total. The molecule has 3 aliphatic carbocycles. The highest BCUT2D eigenvalue weighted by atomic mass is 16.5. The number of hydrogen-bond donors (Lipinski definition) is 0. The molecule has 1 spiro atoms. The van der Waals surface area contributed by atoms with E-state index in [1.54, 1.807) is 0 Å². The Bertz CT molecular complexity index is 331. The van der Waals surface area contributed by atoms with Crippen molar-refractivity contribution in [2.45, 2.75) is 32.6 Å². The zero-order chi connectivity index (χ0) is 10.5. The molecule has 1 saturated heterocycles. The van der Waals surface area contributed by atoms with Crippen molar-refractivity contribution in [3.8, 4) is 0 Å². The third kappa shape index (κ3) is 1.24. The van der Waals surface area contributed by atoms with Gasteiger partial charge in [-0.25, -0.2) is 0 Å². The van der Waals surface area contributed by atoms with Crippen LogP contribution in [-0.4, -0.2) is 19.0 Å². The Kier molecular flexibility index (Phi) is 2.03. The van der Waals surface area contributed by atoms with Gasteiger partial charge < -0.3 is 4.74 Å². The third-order valence-electron chi connectivity index (χ3n) is 4.56. The molecule has 15 heavy (non-hydrogen) atoms. The van der Waals surface area contributed by atoms with Gasteiger partial charge in [-0.3, -0.25) is 4.79 Å². The van der Waals surface area contributed by atoms with Gasteiger partial charge >= 0.3 is 0 Å². The summed E-state index contributed by atoms with van der Waals surface area (Å²) in [5.41, 5.74) is 1.20. The molecule has 2 heteroatoms. The lowest BCUT2D eigenvalue weighted by Crippen LogP contribution is -2.49. The highest BCUT2D eigenvalue weighted by molar-refractivity contribution is 5.90. The number of carbonyl (C=O) groups is 1. The molecule has 4 rings (SSSR count). The van der Waals surface area contributed by atoms with Crippen molar-refractivity contribution in [3.63, 3.8) is 0 Å². The van der Waals surface area contributed by atoms with Crippen molar-refractivity contribution >= 4 is 5.78 Å². The predicted octanol–water partition coefficient (Wildman–Crippen LogP) is 2.34. The number of fused-ring (bicyclic) bond motifs is 1. The van der Waals surface area contributed by atoms with E-state index in [0.717, 1.165) is 19.4 Å². The summed E-state index contributed by atoms with van der Waals surface area (Å²) in [7, 11) is 0. The molecule has 3 atom stereocenters. The molecule has 0 unspecified atom stereocenters. The number of Topliss-reactive ketones (excluding diaryl/α,β-unsaturated/α-hetero) is 1. The van der Waals surface area contributed by atoms with E-state index in [1.807, 2.05) is 0 Å². The monoisotopic (exact) mass is 206 g/mol. The zero-order valence-electron chi connectivity index (χ0n) is 9.29. The smallest absolute Gasteiger partial charge is 0.145 e. The largest absolute Gasteiger partial charge is 0.380 e. The highest BCUT2D eigenvalue weighted by Gasteiger charge is 2.52. The quantitative estimate of drug-likeness (QED) is 0.569. The molecular formula is C13H18O2. The maximum absolute atomic E-state index is 12.2. The van der Waals surface area contributed by atoms with Crippen LogP contribution in [0.2, 0.25) is 0 Å². The lowest BCUT2D eigenvalue weighted by molar-refractivity contribution is -0.137. The van der Waals surface area contributed by atoms with E-state index < -0.39 is 0 Å². The minimum Gasteiger partial charge on any atom is -0.380 e. The van der Waals surface area contributed by atoms with Crippen LogP contribution in [-0.2, 0) is 9.53 Å². The van der Waals surface area contributed by atoms with E-state index in [9.17, 15) is 4.79 Å². The van der Waals surface area contributed by atoms with Gasteiger partial charge in [0.1, 0.15) is 5.78 Å². The number of allylic oxidation sites excluding steroid dienone is 1. The molecular weight excluding hydrogens is 188 g/mol. The molecule has 1 heterocycles. The van der Waals surface area contributed by atoms with Crippen molar-refractivity contribution in [1.29, 1.82) is 0 Å². The van der Waals surface area contributed by atoms with E-state index in [2.05, 4.69) is 13.0 Å². The molecule has 0 amide bonds. The fraction of sp³-hybridized carbons (Fsp3) is 0.769. The van der Waals surface area contributed by atoms with E-state index in [4.69, 9.17) is 4.74 Å². The van der Waals surface area contributed by atoms with Crippen LogP contribution in [0.25, 0.3) is 0 Å². The topological polar surface area (TPSA) is 26.3 Å². The highest BCUT2D eigenvalue weighted by Crippen LogP contribution is 2.52. The second-order valence-electron chi connectivity index (χ2n) is 5.38. The van der Waals surface area contributed by atoms with Gasteiger partial charge in [0.25, 0.3) is 0 Å². The van der Waals surface area contributed by atoms with Crippen molar-refractivity contribution < 1.29 is 9.53 Å². The summed E-state index contributed by atoms with van der Waals surface area (Å²) in [5.74, 6) is 1.55. The Morgan fingerprint density at radius 1 is 1.53 bits per heavy atom. The molecule has 0 aromatic heterocycles. The summed E-state index contributed by atoms with van der Waals surface area (Å²) in [6.07, 6.45) is 6.52. The SMILES string of the molecule is CC1=C[C@@]23COCCC[C@H]2C[C@@H]1CC3=O. The summed E-state index contributed by atoms with van der Waals surface area (Å²) in [6.45, 7) is 3.66. The minimum absolute atomic E-state index is 0.227. The van der Waals surface area contributed by atoms with Crippen LogP contribution >= 0.6 is 0 Å². The molecule has 1 saturated carbocycles. The summed E-state index contributed by atoms with van der Waals surface area (Å²) in [6, 6.07) is 0. The maximum atomic E-state index is 12.2. The van der Waals surface area contributed by atoms with Crippen LogP contribution < -0.4 is 0 Å².